The van der Waals surface area contributed by atoms with Crippen molar-refractivity contribution in [2.75, 3.05) is 42.6 Å². The minimum Gasteiger partial charge on any atom is -0.462 e. The fourth-order valence-corrected chi connectivity index (χ4v) is 2.80. The Labute approximate surface area is 136 Å². The van der Waals surface area contributed by atoms with Gasteiger partial charge in [-0.1, -0.05) is 0 Å². The number of hydrogen-bond acceptors (Lipinski definition) is 5. The Morgan fingerprint density at radius 1 is 0.957 bits per heavy atom. The van der Waals surface area contributed by atoms with Gasteiger partial charge in [0.25, 0.3) is 0 Å². The number of hydrogen-bond donors (Lipinski definition) is 0. The highest BCUT2D eigenvalue weighted by atomic mass is 16.5. The Balaban J connectivity index is 1.60. The molecule has 0 spiro atoms. The van der Waals surface area contributed by atoms with Gasteiger partial charge in [0.05, 0.1) is 12.2 Å². The lowest BCUT2D eigenvalue weighted by molar-refractivity contribution is 0.0526. The standard InChI is InChI=1S/C18H21N3O2/c1-2-23-18(22)15-3-5-16(6-4-15)20-11-13-21(14-12-20)17-7-9-19-10-8-17/h3-10H,2,11-14H2,1H3. The minimum atomic E-state index is -0.262. The predicted molar refractivity (Wildman–Crippen MR) is 91.1 cm³/mol. The molecule has 1 aromatic heterocycles. The SMILES string of the molecule is CCOC(=O)c1ccc(N2CCN(c3ccncc3)CC2)cc1. The quantitative estimate of drug-likeness (QED) is 0.812. The smallest absolute Gasteiger partial charge is 0.338 e. The molecule has 0 amide bonds. The minimum absolute atomic E-state index is 0.262. The van der Waals surface area contributed by atoms with Crippen LogP contribution in [0.5, 0.6) is 0 Å². The summed E-state index contributed by atoms with van der Waals surface area (Å²) in [7, 11) is 0. The second-order valence-electron chi connectivity index (χ2n) is 5.45. The van der Waals surface area contributed by atoms with E-state index in [1.165, 1.54) is 5.69 Å². The third kappa shape index (κ3) is 3.62. The van der Waals surface area contributed by atoms with Crippen molar-refractivity contribution in [3.05, 3.63) is 54.4 Å². The summed E-state index contributed by atoms with van der Waals surface area (Å²) < 4.78 is 5.01. The van der Waals surface area contributed by atoms with Crippen LogP contribution in [0.3, 0.4) is 0 Å². The monoisotopic (exact) mass is 311 g/mol. The van der Waals surface area contributed by atoms with Gasteiger partial charge in [-0.3, -0.25) is 4.98 Å². The topological polar surface area (TPSA) is 45.7 Å². The molecule has 2 heterocycles. The Hall–Kier alpha value is -2.56. The molecule has 5 nitrogen and oxygen atoms in total. The van der Waals surface area contributed by atoms with Crippen LogP contribution in [0, 0.1) is 0 Å². The number of aromatic nitrogens is 1. The van der Waals surface area contributed by atoms with Crippen molar-refractivity contribution in [3.8, 4) is 0 Å². The molecule has 0 N–H and O–H groups in total. The van der Waals surface area contributed by atoms with Crippen molar-refractivity contribution < 1.29 is 9.53 Å². The molecule has 0 bridgehead atoms. The molecular weight excluding hydrogens is 290 g/mol. The lowest BCUT2D eigenvalue weighted by Gasteiger charge is -2.37. The predicted octanol–water partition coefficient (Wildman–Crippen LogP) is 2.58. The van der Waals surface area contributed by atoms with E-state index < -0.39 is 0 Å². The maximum atomic E-state index is 11.7. The van der Waals surface area contributed by atoms with E-state index >= 15 is 0 Å². The first-order valence-corrected chi connectivity index (χ1v) is 7.95. The van der Waals surface area contributed by atoms with Crippen LogP contribution in [-0.4, -0.2) is 43.7 Å². The largest absolute Gasteiger partial charge is 0.462 e. The molecule has 1 aromatic carbocycles. The number of rotatable bonds is 4. The number of carbonyl (C=O) groups is 1. The highest BCUT2D eigenvalue weighted by molar-refractivity contribution is 5.89. The summed E-state index contributed by atoms with van der Waals surface area (Å²) >= 11 is 0. The summed E-state index contributed by atoms with van der Waals surface area (Å²) in [5, 5.41) is 0. The molecule has 0 atom stereocenters. The van der Waals surface area contributed by atoms with Gasteiger partial charge >= 0.3 is 5.97 Å². The van der Waals surface area contributed by atoms with E-state index in [2.05, 4.69) is 14.8 Å². The number of anilines is 2. The van der Waals surface area contributed by atoms with Crippen LogP contribution in [0.2, 0.25) is 0 Å². The average molecular weight is 311 g/mol. The number of ether oxygens (including phenoxy) is 1. The number of esters is 1. The van der Waals surface area contributed by atoms with Crippen LogP contribution in [0.15, 0.2) is 48.8 Å². The molecule has 1 aliphatic heterocycles. The van der Waals surface area contributed by atoms with Crippen molar-refractivity contribution in [2.45, 2.75) is 6.92 Å². The van der Waals surface area contributed by atoms with E-state index in [4.69, 9.17) is 4.74 Å². The molecule has 0 saturated carbocycles. The molecule has 1 fully saturated rings. The molecule has 23 heavy (non-hydrogen) atoms. The zero-order valence-electron chi connectivity index (χ0n) is 13.3. The average Bonchev–Trinajstić information content (AvgIpc) is 2.63. The van der Waals surface area contributed by atoms with E-state index in [1.54, 1.807) is 0 Å². The van der Waals surface area contributed by atoms with E-state index in [0.717, 1.165) is 31.9 Å². The molecule has 1 aliphatic rings. The molecule has 0 unspecified atom stereocenters. The third-order valence-electron chi connectivity index (χ3n) is 4.05. The first kappa shape index (κ1) is 15.3. The summed E-state index contributed by atoms with van der Waals surface area (Å²) in [5.41, 5.74) is 2.97. The van der Waals surface area contributed by atoms with Crippen LogP contribution in [-0.2, 0) is 4.74 Å². The van der Waals surface area contributed by atoms with Crippen molar-refractivity contribution in [2.24, 2.45) is 0 Å². The van der Waals surface area contributed by atoms with Gasteiger partial charge in [0.15, 0.2) is 0 Å². The molecule has 120 valence electrons. The van der Waals surface area contributed by atoms with Gasteiger partial charge in [0.1, 0.15) is 0 Å². The Morgan fingerprint density at radius 2 is 1.48 bits per heavy atom. The zero-order chi connectivity index (χ0) is 16.1. The van der Waals surface area contributed by atoms with E-state index in [0.29, 0.717) is 12.2 Å². The summed E-state index contributed by atoms with van der Waals surface area (Å²) in [5.74, 6) is -0.262. The molecular formula is C18H21N3O2. The van der Waals surface area contributed by atoms with Gasteiger partial charge in [-0.15, -0.1) is 0 Å². The molecule has 0 aliphatic carbocycles. The van der Waals surface area contributed by atoms with Gasteiger partial charge in [-0.05, 0) is 43.3 Å². The van der Waals surface area contributed by atoms with Crippen LogP contribution >= 0.6 is 0 Å². The number of pyridine rings is 1. The first-order chi connectivity index (χ1) is 11.3. The van der Waals surface area contributed by atoms with Crippen LogP contribution in [0.25, 0.3) is 0 Å². The van der Waals surface area contributed by atoms with E-state index in [1.807, 2.05) is 55.7 Å². The van der Waals surface area contributed by atoms with E-state index in [9.17, 15) is 4.79 Å². The van der Waals surface area contributed by atoms with Crippen molar-refractivity contribution in [3.63, 3.8) is 0 Å². The van der Waals surface area contributed by atoms with Gasteiger partial charge in [-0.25, -0.2) is 4.79 Å². The third-order valence-corrected chi connectivity index (χ3v) is 4.05. The number of benzene rings is 1. The molecule has 5 heteroatoms. The lowest BCUT2D eigenvalue weighted by Crippen LogP contribution is -2.46. The maximum absolute atomic E-state index is 11.7. The van der Waals surface area contributed by atoms with Gasteiger partial charge in [-0.2, -0.15) is 0 Å². The fourth-order valence-electron chi connectivity index (χ4n) is 2.80. The fraction of sp³-hybridized carbons (Fsp3) is 0.333. The lowest BCUT2D eigenvalue weighted by atomic mass is 10.1. The molecule has 1 saturated heterocycles. The van der Waals surface area contributed by atoms with Crippen LogP contribution in [0.4, 0.5) is 11.4 Å². The van der Waals surface area contributed by atoms with Gasteiger partial charge < -0.3 is 14.5 Å². The van der Waals surface area contributed by atoms with Gasteiger partial charge in [0, 0.05) is 49.9 Å². The number of piperazine rings is 1. The second-order valence-corrected chi connectivity index (χ2v) is 5.45. The van der Waals surface area contributed by atoms with Crippen molar-refractivity contribution in [1.82, 2.24) is 4.98 Å². The Morgan fingerprint density at radius 3 is 2.00 bits per heavy atom. The highest BCUT2D eigenvalue weighted by Gasteiger charge is 2.17. The Bertz CT molecular complexity index is 635. The summed E-state index contributed by atoms with van der Waals surface area (Å²) in [6.45, 7) is 6.08. The van der Waals surface area contributed by atoms with Crippen LogP contribution in [0.1, 0.15) is 17.3 Å². The number of nitrogens with zero attached hydrogens (tertiary/aromatic N) is 3. The summed E-state index contributed by atoms with van der Waals surface area (Å²) in [6, 6.07) is 11.8. The van der Waals surface area contributed by atoms with Crippen LogP contribution < -0.4 is 9.80 Å². The number of carbonyl (C=O) groups excluding carboxylic acids is 1. The zero-order valence-corrected chi connectivity index (χ0v) is 13.3. The molecule has 2 aromatic rings. The van der Waals surface area contributed by atoms with Gasteiger partial charge in [0.2, 0.25) is 0 Å². The second kappa shape index (κ2) is 7.13. The summed E-state index contributed by atoms with van der Waals surface area (Å²) in [4.78, 5) is 20.5. The first-order valence-electron chi connectivity index (χ1n) is 7.95. The summed E-state index contributed by atoms with van der Waals surface area (Å²) in [6.07, 6.45) is 3.66. The molecule has 3 rings (SSSR count). The maximum Gasteiger partial charge on any atom is 0.338 e. The van der Waals surface area contributed by atoms with E-state index in [-0.39, 0.29) is 5.97 Å². The molecule has 0 radical (unpaired) electrons. The van der Waals surface area contributed by atoms with Crippen molar-refractivity contribution >= 4 is 17.3 Å². The Kier molecular flexibility index (Phi) is 4.76. The highest BCUT2D eigenvalue weighted by Crippen LogP contribution is 2.20. The normalized spacial score (nSPS) is 14.7. The van der Waals surface area contributed by atoms with Crippen molar-refractivity contribution in [1.29, 1.82) is 0 Å².